The van der Waals surface area contributed by atoms with Crippen LogP contribution >= 0.6 is 36.4 Å². The molecule has 2 heterocycles. The highest BCUT2D eigenvalue weighted by Crippen LogP contribution is 2.29. The molecule has 1 aromatic heterocycles. The van der Waals surface area contributed by atoms with Gasteiger partial charge in [0.15, 0.2) is 0 Å². The summed E-state index contributed by atoms with van der Waals surface area (Å²) < 4.78 is 5.87. The second-order valence-electron chi connectivity index (χ2n) is 9.03. The minimum atomic E-state index is -0.338. The first-order valence-electron chi connectivity index (χ1n) is 12.2. The van der Waals surface area contributed by atoms with E-state index in [4.69, 9.17) is 16.3 Å². The molecular formula is C29H31Cl3N4O2. The van der Waals surface area contributed by atoms with Gasteiger partial charge < -0.3 is 15.0 Å². The molecule has 200 valence electrons. The van der Waals surface area contributed by atoms with Crippen molar-refractivity contribution in [2.45, 2.75) is 13.0 Å². The summed E-state index contributed by atoms with van der Waals surface area (Å²) in [5, 5.41) is 4.95. The van der Waals surface area contributed by atoms with Gasteiger partial charge in [0.2, 0.25) is 0 Å². The molecular weight excluding hydrogens is 543 g/mol. The van der Waals surface area contributed by atoms with Crippen LogP contribution < -0.4 is 10.2 Å². The number of halogens is 3. The van der Waals surface area contributed by atoms with Gasteiger partial charge in [-0.05, 0) is 55.5 Å². The Bertz CT molecular complexity index is 1350. The Morgan fingerprint density at radius 2 is 1.66 bits per heavy atom. The minimum absolute atomic E-state index is 0. The van der Waals surface area contributed by atoms with E-state index in [0.717, 1.165) is 42.8 Å². The van der Waals surface area contributed by atoms with Crippen molar-refractivity contribution in [1.82, 2.24) is 9.88 Å². The number of hydrogen-bond acceptors (Lipinski definition) is 6. The summed E-state index contributed by atoms with van der Waals surface area (Å²) in [5.41, 5.74) is 4.08. The van der Waals surface area contributed by atoms with E-state index in [1.807, 2.05) is 55.5 Å². The summed E-state index contributed by atoms with van der Waals surface area (Å²) >= 11 is 6.12. The number of rotatable bonds is 7. The monoisotopic (exact) mass is 572 g/mol. The lowest BCUT2D eigenvalue weighted by atomic mass is 10.1. The lowest BCUT2D eigenvalue weighted by molar-refractivity contribution is 0.0249. The first-order chi connectivity index (χ1) is 17.6. The number of benzene rings is 3. The Labute approximate surface area is 240 Å². The first kappa shape index (κ1) is 29.5. The fourth-order valence-electron chi connectivity index (χ4n) is 4.62. The molecule has 0 radical (unpaired) electrons. The van der Waals surface area contributed by atoms with Gasteiger partial charge in [0.25, 0.3) is 0 Å². The molecule has 0 saturated carbocycles. The van der Waals surface area contributed by atoms with Gasteiger partial charge in [0.05, 0.1) is 16.8 Å². The first-order valence-corrected chi connectivity index (χ1v) is 12.6. The molecule has 3 aromatic carbocycles. The normalized spacial score (nSPS) is 14.2. The van der Waals surface area contributed by atoms with Gasteiger partial charge in [-0.3, -0.25) is 9.88 Å². The highest BCUT2D eigenvalue weighted by molar-refractivity contribution is 6.31. The lowest BCUT2D eigenvalue weighted by Crippen LogP contribution is -2.48. The zero-order valence-corrected chi connectivity index (χ0v) is 23.4. The molecule has 1 aliphatic heterocycles. The van der Waals surface area contributed by atoms with Crippen molar-refractivity contribution >= 4 is 70.3 Å². The number of ether oxygens (including phenoxy) is 1. The molecule has 0 aliphatic carbocycles. The molecule has 1 aliphatic rings. The van der Waals surface area contributed by atoms with E-state index in [2.05, 4.69) is 44.4 Å². The van der Waals surface area contributed by atoms with Crippen molar-refractivity contribution in [3.63, 3.8) is 0 Å². The van der Waals surface area contributed by atoms with E-state index in [0.29, 0.717) is 22.8 Å². The molecule has 1 atom stereocenters. The molecule has 38 heavy (non-hydrogen) atoms. The summed E-state index contributed by atoms with van der Waals surface area (Å²) in [7, 11) is 0. The van der Waals surface area contributed by atoms with Crippen LogP contribution in [0.3, 0.4) is 0 Å². The number of nitrogens with zero attached hydrogens (tertiary/aromatic N) is 3. The van der Waals surface area contributed by atoms with Crippen molar-refractivity contribution in [2.24, 2.45) is 0 Å². The van der Waals surface area contributed by atoms with Crippen LogP contribution in [0.25, 0.3) is 10.9 Å². The molecule has 0 bridgehead atoms. The average Bonchev–Trinajstić information content (AvgIpc) is 2.90. The van der Waals surface area contributed by atoms with Crippen molar-refractivity contribution in [3.8, 4) is 0 Å². The molecule has 0 spiro atoms. The van der Waals surface area contributed by atoms with E-state index in [1.54, 1.807) is 12.3 Å². The summed E-state index contributed by atoms with van der Waals surface area (Å²) in [6.45, 7) is 6.46. The van der Waals surface area contributed by atoms with Crippen LogP contribution in [0.15, 0.2) is 85.1 Å². The third kappa shape index (κ3) is 7.08. The van der Waals surface area contributed by atoms with Gasteiger partial charge in [-0.15, -0.1) is 24.8 Å². The number of carbonyl (C=O) groups is 1. The average molecular weight is 574 g/mol. The number of fused-ring (bicyclic) bond motifs is 1. The standard InChI is InChI=1S/C29H29ClN4O2.2ClH/c1-21(20-33-15-17-34(18-16-33)23-7-3-2-4-8-23)36-29(35)25-9-5-6-10-26(25)32-27-13-14-31-28-19-22(30)11-12-24(27)28;;/h2-14,19,21H,15-18,20H2,1H3,(H,31,32);2*1H. The van der Waals surface area contributed by atoms with Gasteiger partial charge in [0.1, 0.15) is 6.10 Å². The molecule has 0 amide bonds. The van der Waals surface area contributed by atoms with Crippen molar-refractivity contribution < 1.29 is 9.53 Å². The van der Waals surface area contributed by atoms with Crippen LogP contribution in [0.5, 0.6) is 0 Å². The van der Waals surface area contributed by atoms with E-state index < -0.39 is 0 Å². The quantitative estimate of drug-likeness (QED) is 0.244. The molecule has 5 rings (SSSR count). The van der Waals surface area contributed by atoms with Gasteiger partial charge in [-0.1, -0.05) is 41.9 Å². The van der Waals surface area contributed by atoms with Gasteiger partial charge in [0, 0.05) is 60.7 Å². The largest absolute Gasteiger partial charge is 0.458 e. The van der Waals surface area contributed by atoms with Gasteiger partial charge >= 0.3 is 5.97 Å². The number of pyridine rings is 1. The van der Waals surface area contributed by atoms with Crippen LogP contribution in [-0.2, 0) is 4.74 Å². The number of carbonyl (C=O) groups excluding carboxylic acids is 1. The maximum Gasteiger partial charge on any atom is 0.340 e. The smallest absolute Gasteiger partial charge is 0.340 e. The zero-order chi connectivity index (χ0) is 24.9. The predicted molar refractivity (Wildman–Crippen MR) is 161 cm³/mol. The number of piperazine rings is 1. The number of esters is 1. The van der Waals surface area contributed by atoms with E-state index >= 15 is 0 Å². The number of nitrogens with one attached hydrogen (secondary N) is 1. The van der Waals surface area contributed by atoms with E-state index in [-0.39, 0.29) is 36.9 Å². The molecule has 1 N–H and O–H groups in total. The van der Waals surface area contributed by atoms with Crippen LogP contribution in [0.4, 0.5) is 17.1 Å². The molecule has 1 saturated heterocycles. The number of anilines is 3. The fourth-order valence-corrected chi connectivity index (χ4v) is 4.79. The maximum atomic E-state index is 13.1. The number of para-hydroxylation sites is 2. The molecule has 1 unspecified atom stereocenters. The second-order valence-corrected chi connectivity index (χ2v) is 9.47. The van der Waals surface area contributed by atoms with Crippen LogP contribution in [0.1, 0.15) is 17.3 Å². The zero-order valence-electron chi connectivity index (χ0n) is 21.0. The molecule has 4 aromatic rings. The van der Waals surface area contributed by atoms with Crippen molar-refractivity contribution in [1.29, 1.82) is 0 Å². The number of aromatic nitrogens is 1. The summed E-state index contributed by atoms with van der Waals surface area (Å²) in [5.74, 6) is -0.338. The van der Waals surface area contributed by atoms with E-state index in [1.165, 1.54) is 5.69 Å². The van der Waals surface area contributed by atoms with Gasteiger partial charge in [-0.25, -0.2) is 4.79 Å². The second kappa shape index (κ2) is 13.7. The molecule has 1 fully saturated rings. The predicted octanol–water partition coefficient (Wildman–Crippen LogP) is 6.84. The summed E-state index contributed by atoms with van der Waals surface area (Å²) in [6, 6.07) is 25.4. The molecule has 9 heteroatoms. The highest BCUT2D eigenvalue weighted by atomic mass is 35.5. The minimum Gasteiger partial charge on any atom is -0.458 e. The number of hydrogen-bond donors (Lipinski definition) is 1. The van der Waals surface area contributed by atoms with Crippen LogP contribution in [0, 0.1) is 0 Å². The highest BCUT2D eigenvalue weighted by Gasteiger charge is 2.22. The maximum absolute atomic E-state index is 13.1. The van der Waals surface area contributed by atoms with Crippen molar-refractivity contribution in [2.75, 3.05) is 42.9 Å². The Morgan fingerprint density at radius 1 is 0.947 bits per heavy atom. The Hall–Kier alpha value is -3.03. The fraction of sp³-hybridized carbons (Fsp3) is 0.241. The van der Waals surface area contributed by atoms with Gasteiger partial charge in [-0.2, -0.15) is 0 Å². The third-order valence-corrected chi connectivity index (χ3v) is 6.67. The molecule has 6 nitrogen and oxygen atoms in total. The Morgan fingerprint density at radius 3 is 2.42 bits per heavy atom. The SMILES string of the molecule is CC(CN1CCN(c2ccccc2)CC1)OC(=O)c1ccccc1Nc1ccnc2cc(Cl)ccc12.Cl.Cl. The van der Waals surface area contributed by atoms with Crippen LogP contribution in [0.2, 0.25) is 5.02 Å². The summed E-state index contributed by atoms with van der Waals surface area (Å²) in [4.78, 5) is 22.3. The summed E-state index contributed by atoms with van der Waals surface area (Å²) in [6.07, 6.45) is 1.50. The topological polar surface area (TPSA) is 57.7 Å². The Kier molecular flexibility index (Phi) is 10.6. The Balaban J connectivity index is 0.00000200. The van der Waals surface area contributed by atoms with Crippen molar-refractivity contribution in [3.05, 3.63) is 95.6 Å². The third-order valence-electron chi connectivity index (χ3n) is 6.44. The lowest BCUT2D eigenvalue weighted by Gasteiger charge is -2.37. The van der Waals surface area contributed by atoms with E-state index in [9.17, 15) is 4.79 Å². The van der Waals surface area contributed by atoms with Crippen LogP contribution in [-0.4, -0.2) is 54.7 Å².